The average Bonchev–Trinajstić information content (AvgIpc) is 2.96. The summed E-state index contributed by atoms with van der Waals surface area (Å²) in [5.41, 5.74) is 11.9. The summed E-state index contributed by atoms with van der Waals surface area (Å²) >= 11 is 0. The molecule has 0 fully saturated rings. The minimum atomic E-state index is -3.95. The van der Waals surface area contributed by atoms with Gasteiger partial charge in [0, 0.05) is 36.4 Å². The number of nitrogens with two attached hydrogens (primary N) is 2. The predicted octanol–water partition coefficient (Wildman–Crippen LogP) is 5.34. The van der Waals surface area contributed by atoms with Crippen LogP contribution >= 0.6 is 0 Å². The van der Waals surface area contributed by atoms with Crippen molar-refractivity contribution >= 4 is 38.2 Å². The van der Waals surface area contributed by atoms with Gasteiger partial charge in [-0.05, 0) is 43.5 Å². The van der Waals surface area contributed by atoms with Crippen molar-refractivity contribution in [1.82, 2.24) is 15.0 Å². The summed E-state index contributed by atoms with van der Waals surface area (Å²) in [7, 11) is -2.58. The zero-order valence-corrected chi connectivity index (χ0v) is 24.3. The van der Waals surface area contributed by atoms with Crippen molar-refractivity contribution in [2.75, 3.05) is 48.9 Å². The summed E-state index contributed by atoms with van der Waals surface area (Å²) in [6.45, 7) is 5.07. The average molecular weight is 607 g/mol. The fourth-order valence-corrected chi connectivity index (χ4v) is 4.93. The lowest BCUT2D eigenvalue weighted by atomic mass is 10.0. The molecule has 10 nitrogen and oxygen atoms in total. The second-order valence-corrected chi connectivity index (χ2v) is 10.8. The number of fused-ring (bicyclic) bond motifs is 1. The Kier molecular flexibility index (Phi) is 11.3. The lowest BCUT2D eigenvalue weighted by Gasteiger charge is -2.14. The van der Waals surface area contributed by atoms with Crippen molar-refractivity contribution in [3.63, 3.8) is 0 Å². The van der Waals surface area contributed by atoms with Crippen LogP contribution in [0.3, 0.4) is 0 Å². The molecule has 4 rings (SSSR count). The number of aromatic nitrogens is 3. The van der Waals surface area contributed by atoms with Crippen LogP contribution in [-0.4, -0.2) is 56.1 Å². The molecule has 0 unspecified atom stereocenters. The van der Waals surface area contributed by atoms with E-state index in [1.54, 1.807) is 0 Å². The van der Waals surface area contributed by atoms with Gasteiger partial charge < -0.3 is 20.9 Å². The van der Waals surface area contributed by atoms with Gasteiger partial charge in [0.15, 0.2) is 11.6 Å². The molecule has 226 valence electrons. The molecule has 0 bridgehead atoms. The van der Waals surface area contributed by atoms with Crippen LogP contribution in [0.25, 0.3) is 33.4 Å². The number of hydrogen-bond donors (Lipinski definition) is 3. The van der Waals surface area contributed by atoms with Crippen molar-refractivity contribution in [2.45, 2.75) is 26.7 Å². The van der Waals surface area contributed by atoms with E-state index >= 15 is 4.39 Å². The van der Waals surface area contributed by atoms with Gasteiger partial charge in [-0.15, -0.1) is 0 Å². The fraction of sp³-hybridized carbons (Fsp3) is 0.321. The fourth-order valence-electron chi connectivity index (χ4n) is 3.85. The second kappa shape index (κ2) is 14.6. The van der Waals surface area contributed by atoms with Crippen LogP contribution < -0.4 is 20.9 Å². The van der Waals surface area contributed by atoms with E-state index < -0.39 is 34.1 Å². The topological polar surface area (TPSA) is 155 Å². The van der Waals surface area contributed by atoms with Gasteiger partial charge in [0.2, 0.25) is 10.0 Å². The Labute approximate surface area is 242 Å². The van der Waals surface area contributed by atoms with Crippen molar-refractivity contribution in [2.24, 2.45) is 0 Å². The molecule has 0 amide bonds. The van der Waals surface area contributed by atoms with Crippen molar-refractivity contribution in [1.29, 1.82) is 0 Å². The SMILES string of the molecule is CCCOCC.COc1cc(-c2cccc(NS(=O)(=O)CCCF)c2F)cc2c(N)nc(-c3cnc(N)cc3F)nc12. The van der Waals surface area contributed by atoms with E-state index in [0.29, 0.717) is 10.9 Å². The molecule has 0 saturated carbocycles. The highest BCUT2D eigenvalue weighted by atomic mass is 32.2. The van der Waals surface area contributed by atoms with Gasteiger partial charge in [0.05, 0.1) is 30.8 Å². The molecule has 42 heavy (non-hydrogen) atoms. The molecule has 5 N–H and O–H groups in total. The van der Waals surface area contributed by atoms with E-state index in [-0.39, 0.29) is 52.0 Å². The number of rotatable bonds is 11. The first-order valence-electron chi connectivity index (χ1n) is 13.0. The number of hydrogen-bond acceptors (Lipinski definition) is 9. The van der Waals surface area contributed by atoms with Crippen molar-refractivity contribution < 1.29 is 31.1 Å². The number of sulfonamides is 1. The lowest BCUT2D eigenvalue weighted by Crippen LogP contribution is -2.18. The van der Waals surface area contributed by atoms with Crippen molar-refractivity contribution in [3.05, 3.63) is 54.2 Å². The standard InChI is InChI=1S/C23H21F3N6O3S.C5H12O/c1-35-18-9-12(13-4-2-5-17(20(13)26)32-36(33,34)7-3-6-24)8-14-21(18)30-23(31-22(14)28)15-11-29-19(27)10-16(15)25;1-3-5-6-4-2/h2,4-5,8-11,32H,3,6-7H2,1H3,(H2,27,29)(H2,28,30,31);3-5H2,1-2H3. The van der Waals surface area contributed by atoms with Gasteiger partial charge in [-0.25, -0.2) is 32.2 Å². The Morgan fingerprint density at radius 3 is 2.43 bits per heavy atom. The van der Waals surface area contributed by atoms with Gasteiger partial charge in [-0.2, -0.15) is 0 Å². The molecular formula is C28H33F3N6O4S. The first-order valence-corrected chi connectivity index (χ1v) is 14.7. The van der Waals surface area contributed by atoms with Gasteiger partial charge in [0.1, 0.15) is 28.7 Å². The third-order valence-electron chi connectivity index (χ3n) is 5.80. The molecule has 4 aromatic rings. The van der Waals surface area contributed by atoms with E-state index in [4.69, 9.17) is 20.9 Å². The smallest absolute Gasteiger partial charge is 0.232 e. The van der Waals surface area contributed by atoms with Crippen LogP contribution in [0.2, 0.25) is 0 Å². The minimum Gasteiger partial charge on any atom is -0.494 e. The maximum absolute atomic E-state index is 15.3. The summed E-state index contributed by atoms with van der Waals surface area (Å²) in [4.78, 5) is 12.4. The Bertz CT molecular complexity index is 1640. The minimum absolute atomic E-state index is 0.0128. The molecule has 2 aromatic carbocycles. The molecule has 2 aromatic heterocycles. The summed E-state index contributed by atoms with van der Waals surface area (Å²) < 4.78 is 79.0. The number of nitrogen functional groups attached to an aromatic ring is 2. The first kappa shape index (κ1) is 32.3. The highest BCUT2D eigenvalue weighted by Gasteiger charge is 2.20. The number of methoxy groups -OCH3 is 1. The highest BCUT2D eigenvalue weighted by Crippen LogP contribution is 2.37. The Morgan fingerprint density at radius 2 is 1.81 bits per heavy atom. The molecule has 0 atom stereocenters. The van der Waals surface area contributed by atoms with Crippen LogP contribution in [0, 0.1) is 11.6 Å². The number of nitrogens with zero attached hydrogens (tertiary/aromatic N) is 3. The molecular weight excluding hydrogens is 573 g/mol. The lowest BCUT2D eigenvalue weighted by molar-refractivity contribution is 0.148. The Hall–Kier alpha value is -4.17. The van der Waals surface area contributed by atoms with Gasteiger partial charge in [0.25, 0.3) is 0 Å². The van der Waals surface area contributed by atoms with Crippen molar-refractivity contribution in [3.8, 4) is 28.3 Å². The van der Waals surface area contributed by atoms with Gasteiger partial charge in [-0.3, -0.25) is 9.11 Å². The number of pyridine rings is 1. The number of benzene rings is 2. The summed E-state index contributed by atoms with van der Waals surface area (Å²) in [6.07, 6.45) is 2.10. The maximum atomic E-state index is 15.3. The third-order valence-corrected chi connectivity index (χ3v) is 7.16. The largest absolute Gasteiger partial charge is 0.494 e. The van der Waals surface area contributed by atoms with Crippen LogP contribution in [-0.2, 0) is 14.8 Å². The predicted molar refractivity (Wildman–Crippen MR) is 158 cm³/mol. The molecule has 0 spiro atoms. The van der Waals surface area contributed by atoms with Crippen LogP contribution in [0.1, 0.15) is 26.7 Å². The first-order chi connectivity index (χ1) is 20.0. The molecule has 0 radical (unpaired) electrons. The van der Waals surface area contributed by atoms with E-state index in [0.717, 1.165) is 25.7 Å². The van der Waals surface area contributed by atoms with E-state index in [2.05, 4.69) is 26.6 Å². The molecule has 14 heteroatoms. The van der Waals surface area contributed by atoms with E-state index in [1.165, 1.54) is 43.6 Å². The maximum Gasteiger partial charge on any atom is 0.232 e. The zero-order valence-electron chi connectivity index (χ0n) is 23.5. The number of anilines is 3. The summed E-state index contributed by atoms with van der Waals surface area (Å²) in [6, 6.07) is 8.17. The second-order valence-electron chi connectivity index (χ2n) is 8.92. The zero-order chi connectivity index (χ0) is 30.9. The number of alkyl halides is 1. The van der Waals surface area contributed by atoms with E-state index in [9.17, 15) is 17.2 Å². The van der Waals surface area contributed by atoms with Gasteiger partial charge >= 0.3 is 0 Å². The number of ether oxygens (including phenoxy) is 2. The molecule has 0 aliphatic heterocycles. The number of nitrogens with one attached hydrogen (secondary N) is 1. The van der Waals surface area contributed by atoms with Crippen LogP contribution in [0.4, 0.5) is 30.5 Å². The third kappa shape index (κ3) is 7.97. The molecule has 0 aliphatic carbocycles. The molecule has 0 aliphatic rings. The summed E-state index contributed by atoms with van der Waals surface area (Å²) in [5.74, 6) is -1.94. The Balaban J connectivity index is 0.000000730. The molecule has 0 saturated heterocycles. The molecule has 2 heterocycles. The highest BCUT2D eigenvalue weighted by molar-refractivity contribution is 7.92. The van der Waals surface area contributed by atoms with Crippen LogP contribution in [0.15, 0.2) is 42.6 Å². The quantitative estimate of drug-likeness (QED) is 0.192. The van der Waals surface area contributed by atoms with E-state index in [1.807, 2.05) is 6.92 Å². The normalized spacial score (nSPS) is 11.2. The Morgan fingerprint density at radius 1 is 1.05 bits per heavy atom. The monoisotopic (exact) mass is 606 g/mol. The summed E-state index contributed by atoms with van der Waals surface area (Å²) in [5, 5.41) is 0.297. The number of halogens is 3. The van der Waals surface area contributed by atoms with Gasteiger partial charge in [-0.1, -0.05) is 19.1 Å². The van der Waals surface area contributed by atoms with Crippen LogP contribution in [0.5, 0.6) is 5.75 Å².